The molecule has 1 amide bonds. The van der Waals surface area contributed by atoms with Crippen molar-refractivity contribution in [2.75, 3.05) is 10.0 Å². The van der Waals surface area contributed by atoms with Crippen LogP contribution in [0.15, 0.2) is 52.3 Å². The Bertz CT molecular complexity index is 1050. The van der Waals surface area contributed by atoms with Crippen molar-refractivity contribution in [1.82, 2.24) is 0 Å². The molecule has 0 atom stereocenters. The lowest BCUT2D eigenvalue weighted by Crippen LogP contribution is -2.17. The Labute approximate surface area is 152 Å². The predicted octanol–water partition coefficient (Wildman–Crippen LogP) is 1.79. The van der Waals surface area contributed by atoms with Crippen LogP contribution in [0.1, 0.15) is 18.9 Å². The first kappa shape index (κ1) is 19.9. The lowest BCUT2D eigenvalue weighted by molar-refractivity contribution is -0.115. The van der Waals surface area contributed by atoms with E-state index in [1.165, 1.54) is 24.3 Å². The van der Waals surface area contributed by atoms with Gasteiger partial charge in [-0.2, -0.15) is 0 Å². The molecule has 0 saturated heterocycles. The first-order chi connectivity index (χ1) is 12.0. The van der Waals surface area contributed by atoms with Gasteiger partial charge < -0.3 is 5.32 Å². The molecule has 0 aliphatic rings. The van der Waals surface area contributed by atoms with E-state index in [2.05, 4.69) is 10.0 Å². The van der Waals surface area contributed by atoms with Gasteiger partial charge in [0.05, 0.1) is 15.5 Å². The average Bonchev–Trinajstić information content (AvgIpc) is 2.57. The van der Waals surface area contributed by atoms with E-state index < -0.39 is 20.0 Å². The van der Waals surface area contributed by atoms with E-state index in [1.54, 1.807) is 26.0 Å². The molecule has 0 aliphatic heterocycles. The zero-order valence-electron chi connectivity index (χ0n) is 14.2. The summed E-state index contributed by atoms with van der Waals surface area (Å²) in [5.74, 6) is -0.200. The Balaban J connectivity index is 2.39. The predicted molar refractivity (Wildman–Crippen MR) is 98.7 cm³/mol. The smallest absolute Gasteiger partial charge is 0.261 e. The van der Waals surface area contributed by atoms with Crippen molar-refractivity contribution >= 4 is 37.3 Å². The molecule has 0 fully saturated rings. The molecule has 2 aromatic rings. The molecule has 10 heteroatoms. The highest BCUT2D eigenvalue weighted by molar-refractivity contribution is 7.93. The molecule has 0 aromatic heterocycles. The molecule has 4 N–H and O–H groups in total. The van der Waals surface area contributed by atoms with Crippen LogP contribution >= 0.6 is 0 Å². The van der Waals surface area contributed by atoms with Gasteiger partial charge in [-0.25, -0.2) is 22.0 Å². The molecule has 0 spiro atoms. The van der Waals surface area contributed by atoms with Crippen LogP contribution < -0.4 is 15.2 Å². The minimum Gasteiger partial charge on any atom is -0.326 e. The maximum atomic E-state index is 12.6. The summed E-state index contributed by atoms with van der Waals surface area (Å²) in [5, 5.41) is 7.73. The van der Waals surface area contributed by atoms with Crippen LogP contribution in [-0.4, -0.2) is 22.7 Å². The van der Waals surface area contributed by atoms with Crippen LogP contribution in [-0.2, 0) is 24.8 Å². The number of benzene rings is 2. The summed E-state index contributed by atoms with van der Waals surface area (Å²) in [6.07, 6.45) is 0.287. The zero-order chi connectivity index (χ0) is 19.5. The normalized spacial score (nSPS) is 11.8. The van der Waals surface area contributed by atoms with E-state index in [1.807, 2.05) is 0 Å². The summed E-state index contributed by atoms with van der Waals surface area (Å²) in [6, 6.07) is 9.53. The monoisotopic (exact) mass is 397 g/mol. The second kappa shape index (κ2) is 7.44. The molecule has 0 radical (unpaired) electrons. The van der Waals surface area contributed by atoms with Crippen LogP contribution in [0.3, 0.4) is 0 Å². The van der Waals surface area contributed by atoms with Gasteiger partial charge in [0.25, 0.3) is 10.0 Å². The Morgan fingerprint density at radius 1 is 1.00 bits per heavy atom. The molecule has 0 unspecified atom stereocenters. The number of sulfonamides is 2. The van der Waals surface area contributed by atoms with E-state index in [4.69, 9.17) is 5.14 Å². The van der Waals surface area contributed by atoms with Gasteiger partial charge in [-0.05, 0) is 42.8 Å². The minimum absolute atomic E-state index is 0.200. The number of hydrogen-bond acceptors (Lipinski definition) is 5. The fourth-order valence-corrected chi connectivity index (χ4v) is 3.94. The number of nitrogens with two attached hydrogens (primary N) is 1. The fraction of sp³-hybridized carbons (Fsp3) is 0.188. The standard InChI is InChI=1S/C16H19N3O5S2/c1-3-16(20)18-14-8-5-9-15(11(14)2)19-26(23,24)13-7-4-6-12(10-13)25(17,21)22/h4-10,19H,3H2,1-2H3,(H,18,20)(H2,17,21,22). The molecule has 140 valence electrons. The number of amides is 1. The van der Waals surface area contributed by atoms with Crippen molar-refractivity contribution in [2.24, 2.45) is 5.14 Å². The SMILES string of the molecule is CCC(=O)Nc1cccc(NS(=O)(=O)c2cccc(S(N)(=O)=O)c2)c1C. The third-order valence-corrected chi connectivity index (χ3v) is 5.89. The Morgan fingerprint density at radius 3 is 2.19 bits per heavy atom. The van der Waals surface area contributed by atoms with E-state index in [9.17, 15) is 21.6 Å². The van der Waals surface area contributed by atoms with Gasteiger partial charge >= 0.3 is 0 Å². The van der Waals surface area contributed by atoms with Crippen molar-refractivity contribution in [3.63, 3.8) is 0 Å². The molecular formula is C16H19N3O5S2. The Kier molecular flexibility index (Phi) is 5.69. The van der Waals surface area contributed by atoms with Gasteiger partial charge in [-0.3, -0.25) is 9.52 Å². The summed E-state index contributed by atoms with van der Waals surface area (Å²) in [4.78, 5) is 11.0. The summed E-state index contributed by atoms with van der Waals surface area (Å²) < 4.78 is 50.4. The van der Waals surface area contributed by atoms with Gasteiger partial charge in [-0.1, -0.05) is 19.1 Å². The van der Waals surface area contributed by atoms with Crippen LogP contribution in [0.4, 0.5) is 11.4 Å². The highest BCUT2D eigenvalue weighted by Crippen LogP contribution is 2.26. The largest absolute Gasteiger partial charge is 0.326 e. The first-order valence-electron chi connectivity index (χ1n) is 7.59. The zero-order valence-corrected chi connectivity index (χ0v) is 15.8. The van der Waals surface area contributed by atoms with Crippen LogP contribution in [0.2, 0.25) is 0 Å². The van der Waals surface area contributed by atoms with E-state index in [-0.39, 0.29) is 27.8 Å². The highest BCUT2D eigenvalue weighted by Gasteiger charge is 2.19. The van der Waals surface area contributed by atoms with Crippen molar-refractivity contribution in [3.05, 3.63) is 48.0 Å². The molecule has 2 aromatic carbocycles. The fourth-order valence-electron chi connectivity index (χ4n) is 2.14. The molecule has 26 heavy (non-hydrogen) atoms. The molecule has 0 saturated carbocycles. The maximum absolute atomic E-state index is 12.6. The molecule has 2 rings (SSSR count). The van der Waals surface area contributed by atoms with Crippen molar-refractivity contribution in [3.8, 4) is 0 Å². The second-order valence-electron chi connectivity index (χ2n) is 5.51. The average molecular weight is 397 g/mol. The summed E-state index contributed by atoms with van der Waals surface area (Å²) in [5.41, 5.74) is 1.27. The van der Waals surface area contributed by atoms with Crippen molar-refractivity contribution in [2.45, 2.75) is 30.1 Å². The number of nitrogens with one attached hydrogen (secondary N) is 2. The topological polar surface area (TPSA) is 135 Å². The third kappa shape index (κ3) is 4.59. The summed E-state index contributed by atoms with van der Waals surface area (Å²) in [6.45, 7) is 3.36. The molecule has 0 bridgehead atoms. The maximum Gasteiger partial charge on any atom is 0.261 e. The Hall–Kier alpha value is -2.43. The first-order valence-corrected chi connectivity index (χ1v) is 10.6. The van der Waals surface area contributed by atoms with E-state index in [0.29, 0.717) is 11.3 Å². The van der Waals surface area contributed by atoms with Crippen LogP contribution in [0, 0.1) is 6.92 Å². The molecular weight excluding hydrogens is 378 g/mol. The summed E-state index contributed by atoms with van der Waals surface area (Å²) >= 11 is 0. The summed E-state index contributed by atoms with van der Waals surface area (Å²) in [7, 11) is -8.08. The quantitative estimate of drug-likeness (QED) is 0.683. The van der Waals surface area contributed by atoms with Gasteiger partial charge in [0, 0.05) is 12.1 Å². The number of carbonyl (C=O) groups is 1. The number of primary sulfonamides is 1. The number of hydrogen-bond donors (Lipinski definition) is 3. The van der Waals surface area contributed by atoms with Crippen LogP contribution in [0.5, 0.6) is 0 Å². The minimum atomic E-state index is -4.05. The van der Waals surface area contributed by atoms with Crippen molar-refractivity contribution in [1.29, 1.82) is 0 Å². The van der Waals surface area contributed by atoms with E-state index >= 15 is 0 Å². The van der Waals surface area contributed by atoms with Gasteiger partial charge in [-0.15, -0.1) is 0 Å². The van der Waals surface area contributed by atoms with E-state index in [0.717, 1.165) is 6.07 Å². The van der Waals surface area contributed by atoms with Crippen molar-refractivity contribution < 1.29 is 21.6 Å². The number of rotatable bonds is 6. The number of anilines is 2. The van der Waals surface area contributed by atoms with Gasteiger partial charge in [0.2, 0.25) is 15.9 Å². The third-order valence-electron chi connectivity index (χ3n) is 3.62. The van der Waals surface area contributed by atoms with Gasteiger partial charge in [0.1, 0.15) is 0 Å². The lowest BCUT2D eigenvalue weighted by atomic mass is 10.1. The van der Waals surface area contributed by atoms with Gasteiger partial charge in [0.15, 0.2) is 0 Å². The second-order valence-corrected chi connectivity index (χ2v) is 8.75. The highest BCUT2D eigenvalue weighted by atomic mass is 32.2. The molecule has 8 nitrogen and oxygen atoms in total. The molecule has 0 aliphatic carbocycles. The Morgan fingerprint density at radius 2 is 1.58 bits per heavy atom. The molecule has 0 heterocycles. The van der Waals surface area contributed by atoms with Crippen LogP contribution in [0.25, 0.3) is 0 Å². The lowest BCUT2D eigenvalue weighted by Gasteiger charge is -2.14. The number of carbonyl (C=O) groups excluding carboxylic acids is 1.